The summed E-state index contributed by atoms with van der Waals surface area (Å²) in [5, 5.41) is 9.88. The number of ether oxygens (including phenoxy) is 4. The summed E-state index contributed by atoms with van der Waals surface area (Å²) in [7, 11) is 0. The molecule has 4 atom stereocenters. The second-order valence-corrected chi connectivity index (χ2v) is 8.02. The highest BCUT2D eigenvalue weighted by molar-refractivity contribution is 5.92. The van der Waals surface area contributed by atoms with Crippen molar-refractivity contribution in [1.82, 2.24) is 0 Å². The highest BCUT2D eigenvalue weighted by Gasteiger charge is 2.45. The smallest absolute Gasteiger partial charge is 0.334 e. The molecule has 4 unspecified atom stereocenters. The Bertz CT molecular complexity index is 907. The van der Waals surface area contributed by atoms with Crippen molar-refractivity contribution in [2.75, 3.05) is 13.2 Å². The summed E-state index contributed by atoms with van der Waals surface area (Å²) in [5.74, 6) is -2.92. The number of carbonyl (C=O) groups excluding carboxylic acids is 4. The van der Waals surface area contributed by atoms with E-state index in [2.05, 4.69) is 6.58 Å². The minimum absolute atomic E-state index is 0.0808. The van der Waals surface area contributed by atoms with E-state index in [0.717, 1.165) is 0 Å². The lowest BCUT2D eigenvalue weighted by molar-refractivity contribution is -0.148. The topological polar surface area (TPSA) is 125 Å². The molecular weight excluding hydrogens is 432 g/mol. The van der Waals surface area contributed by atoms with Crippen LogP contribution in [0.25, 0.3) is 0 Å². The van der Waals surface area contributed by atoms with Crippen molar-refractivity contribution in [2.45, 2.75) is 58.8 Å². The van der Waals surface area contributed by atoms with Gasteiger partial charge >= 0.3 is 23.9 Å². The highest BCUT2D eigenvalue weighted by Crippen LogP contribution is 2.36. The van der Waals surface area contributed by atoms with Crippen LogP contribution in [0.5, 0.6) is 0 Å². The first-order valence-electron chi connectivity index (χ1n) is 10.6. The summed E-state index contributed by atoms with van der Waals surface area (Å²) in [4.78, 5) is 47.5. The Morgan fingerprint density at radius 1 is 1.21 bits per heavy atom. The third kappa shape index (κ3) is 7.15. The zero-order valence-corrected chi connectivity index (χ0v) is 19.3. The molecule has 0 amide bonds. The fourth-order valence-electron chi connectivity index (χ4n) is 3.66. The molecule has 1 saturated heterocycles. The predicted molar refractivity (Wildman–Crippen MR) is 116 cm³/mol. The second kappa shape index (κ2) is 11.6. The van der Waals surface area contributed by atoms with Crippen LogP contribution in [-0.4, -0.2) is 60.5 Å². The normalized spacial score (nSPS) is 25.8. The summed E-state index contributed by atoms with van der Waals surface area (Å²) < 4.78 is 21.4. The highest BCUT2D eigenvalue weighted by atomic mass is 16.6. The second-order valence-electron chi connectivity index (χ2n) is 8.02. The number of hydrogen-bond acceptors (Lipinski definition) is 9. The van der Waals surface area contributed by atoms with E-state index in [9.17, 15) is 24.3 Å². The third-order valence-corrected chi connectivity index (χ3v) is 5.45. The number of carbonyl (C=O) groups is 4. The molecular formula is C24H30O9. The molecule has 0 aromatic rings. The number of esters is 4. The summed E-state index contributed by atoms with van der Waals surface area (Å²) in [6.07, 6.45) is 3.01. The molecule has 0 aromatic heterocycles. The van der Waals surface area contributed by atoms with E-state index in [1.54, 1.807) is 19.1 Å². The fraction of sp³-hybridized carbons (Fsp3) is 0.500. The van der Waals surface area contributed by atoms with Gasteiger partial charge in [-0.1, -0.05) is 12.7 Å². The first kappa shape index (κ1) is 26.1. The van der Waals surface area contributed by atoms with Crippen LogP contribution >= 0.6 is 0 Å². The van der Waals surface area contributed by atoms with Crippen LogP contribution in [0.2, 0.25) is 0 Å². The Kier molecular flexibility index (Phi) is 9.16. The van der Waals surface area contributed by atoms with Gasteiger partial charge in [-0.15, -0.1) is 0 Å². The van der Waals surface area contributed by atoms with Crippen LogP contribution in [0, 0.1) is 5.92 Å². The molecule has 0 radical (unpaired) electrons. The van der Waals surface area contributed by atoms with E-state index in [1.165, 1.54) is 26.8 Å². The van der Waals surface area contributed by atoms with E-state index >= 15 is 0 Å². The third-order valence-electron chi connectivity index (χ3n) is 5.45. The molecule has 0 bridgehead atoms. The molecule has 2 aliphatic rings. The lowest BCUT2D eigenvalue weighted by Gasteiger charge is -2.29. The van der Waals surface area contributed by atoms with Crippen molar-refractivity contribution in [3.8, 4) is 0 Å². The van der Waals surface area contributed by atoms with E-state index in [0.29, 0.717) is 17.6 Å². The molecule has 2 rings (SSSR count). The SMILES string of the molecule is C=C1C(=O)OC2C=C(C)C(OC(C)=O)CC=C(CO)CC(OC(=O)C(C)=CCOC(C)=O)C12. The largest absolute Gasteiger partial charge is 0.462 e. The van der Waals surface area contributed by atoms with Gasteiger partial charge in [0.15, 0.2) is 0 Å². The van der Waals surface area contributed by atoms with Crippen molar-refractivity contribution in [3.63, 3.8) is 0 Å². The van der Waals surface area contributed by atoms with Gasteiger partial charge in [-0.25, -0.2) is 9.59 Å². The van der Waals surface area contributed by atoms with Crippen molar-refractivity contribution in [3.05, 3.63) is 47.1 Å². The number of aliphatic hydroxyl groups is 1. The first-order valence-corrected chi connectivity index (χ1v) is 10.6. The Morgan fingerprint density at radius 3 is 2.52 bits per heavy atom. The predicted octanol–water partition coefficient (Wildman–Crippen LogP) is 2.10. The molecule has 1 aliphatic carbocycles. The molecule has 0 saturated carbocycles. The van der Waals surface area contributed by atoms with Crippen molar-refractivity contribution in [1.29, 1.82) is 0 Å². The average Bonchev–Trinajstić information content (AvgIpc) is 3.01. The van der Waals surface area contributed by atoms with Gasteiger partial charge in [0.1, 0.15) is 24.9 Å². The van der Waals surface area contributed by atoms with E-state index in [-0.39, 0.29) is 30.8 Å². The minimum Gasteiger partial charge on any atom is -0.462 e. The van der Waals surface area contributed by atoms with Crippen LogP contribution in [0.4, 0.5) is 0 Å². The fourth-order valence-corrected chi connectivity index (χ4v) is 3.66. The van der Waals surface area contributed by atoms with Gasteiger partial charge in [0.05, 0.1) is 12.5 Å². The molecule has 1 fully saturated rings. The minimum atomic E-state index is -0.855. The molecule has 180 valence electrons. The number of hydrogen-bond donors (Lipinski definition) is 1. The molecule has 1 aliphatic heterocycles. The van der Waals surface area contributed by atoms with Crippen molar-refractivity contribution >= 4 is 23.9 Å². The molecule has 9 nitrogen and oxygen atoms in total. The van der Waals surface area contributed by atoms with Crippen LogP contribution in [0.15, 0.2) is 47.1 Å². The molecule has 33 heavy (non-hydrogen) atoms. The van der Waals surface area contributed by atoms with Gasteiger partial charge in [0, 0.05) is 37.8 Å². The van der Waals surface area contributed by atoms with Crippen LogP contribution in [0.3, 0.4) is 0 Å². The molecule has 1 N–H and O–H groups in total. The maximum atomic E-state index is 12.7. The van der Waals surface area contributed by atoms with Crippen molar-refractivity contribution in [2.24, 2.45) is 5.92 Å². The number of fused-ring (bicyclic) bond motifs is 1. The summed E-state index contributed by atoms with van der Waals surface area (Å²) >= 11 is 0. The molecule has 1 heterocycles. The summed E-state index contributed by atoms with van der Waals surface area (Å²) in [6, 6.07) is 0. The van der Waals surface area contributed by atoms with Crippen molar-refractivity contribution < 1.29 is 43.2 Å². The van der Waals surface area contributed by atoms with Crippen LogP contribution in [0.1, 0.15) is 40.5 Å². The van der Waals surface area contributed by atoms with Gasteiger partial charge in [0.25, 0.3) is 0 Å². The Hall–Kier alpha value is -3.20. The monoisotopic (exact) mass is 462 g/mol. The van der Waals surface area contributed by atoms with E-state index in [1.807, 2.05) is 0 Å². The molecule has 0 aromatic carbocycles. The number of rotatable bonds is 6. The quantitative estimate of drug-likeness (QED) is 0.273. The zero-order valence-electron chi connectivity index (χ0n) is 19.3. The van der Waals surface area contributed by atoms with Crippen LogP contribution < -0.4 is 0 Å². The standard InChI is InChI=1S/C24H30O9/c1-13(8-9-30-16(4)26)23(28)32-21-11-18(12-25)6-7-19(31-17(5)27)14(2)10-20-22(21)15(3)24(29)33-20/h6,8,10,19-22,25H,3,7,9,11-12H2,1-2,4-5H3. The zero-order chi connectivity index (χ0) is 24.7. The maximum Gasteiger partial charge on any atom is 0.334 e. The average molecular weight is 462 g/mol. The lowest BCUT2D eigenvalue weighted by Crippen LogP contribution is -2.35. The number of aliphatic hydroxyl groups excluding tert-OH is 1. The van der Waals surface area contributed by atoms with E-state index < -0.39 is 48.1 Å². The summed E-state index contributed by atoms with van der Waals surface area (Å²) in [6.45, 7) is 9.25. The van der Waals surface area contributed by atoms with Gasteiger partial charge < -0.3 is 24.1 Å². The van der Waals surface area contributed by atoms with Gasteiger partial charge in [0.2, 0.25) is 0 Å². The lowest BCUT2D eigenvalue weighted by atomic mass is 9.85. The van der Waals surface area contributed by atoms with Gasteiger partial charge in [-0.05, 0) is 37.1 Å². The Balaban J connectivity index is 2.38. The Labute approximate surface area is 192 Å². The molecule has 0 spiro atoms. The summed E-state index contributed by atoms with van der Waals surface area (Å²) in [5.41, 5.74) is 1.56. The molecule has 9 heteroatoms. The Morgan fingerprint density at radius 2 is 1.91 bits per heavy atom. The van der Waals surface area contributed by atoms with Gasteiger partial charge in [-0.2, -0.15) is 0 Å². The maximum absolute atomic E-state index is 12.7. The first-order chi connectivity index (χ1) is 15.5. The van der Waals surface area contributed by atoms with E-state index in [4.69, 9.17) is 18.9 Å². The van der Waals surface area contributed by atoms with Gasteiger partial charge in [-0.3, -0.25) is 9.59 Å². The van der Waals surface area contributed by atoms with Crippen LogP contribution in [-0.2, 0) is 38.1 Å².